The zero-order chi connectivity index (χ0) is 58.6. The van der Waals surface area contributed by atoms with E-state index in [9.17, 15) is 0 Å². The molecule has 0 saturated heterocycles. The largest absolute Gasteiger partial charge is 0.454 e. The minimum Gasteiger partial charge on any atom is -0.454 e. The van der Waals surface area contributed by atoms with Crippen LogP contribution >= 0.6 is 0 Å². The van der Waals surface area contributed by atoms with E-state index in [1.807, 2.05) is 0 Å². The molecule has 0 aliphatic heterocycles. The molecule has 4 aliphatic rings. The molecule has 0 atom stereocenters. The monoisotopic (exact) mass is 1120 g/mol. The molecule has 0 fully saturated rings. The summed E-state index contributed by atoms with van der Waals surface area (Å²) in [6.45, 7) is 9.53. The molecular formula is C85H60N2O. The summed E-state index contributed by atoms with van der Waals surface area (Å²) < 4.78 is 7.53. The van der Waals surface area contributed by atoms with Crippen LogP contribution in [0.25, 0.3) is 88.7 Å². The van der Waals surface area contributed by atoms with Crippen molar-refractivity contribution in [1.82, 2.24) is 0 Å². The Balaban J connectivity index is 0.950. The van der Waals surface area contributed by atoms with Crippen molar-refractivity contribution in [2.75, 3.05) is 9.80 Å². The summed E-state index contributed by atoms with van der Waals surface area (Å²) in [4.78, 5) is 5.06. The molecule has 0 saturated carbocycles. The van der Waals surface area contributed by atoms with Gasteiger partial charge in [0.2, 0.25) is 0 Å². The van der Waals surface area contributed by atoms with E-state index >= 15 is 0 Å². The first kappa shape index (κ1) is 50.6. The first-order valence-electron chi connectivity index (χ1n) is 30.9. The summed E-state index contributed by atoms with van der Waals surface area (Å²) in [6.07, 6.45) is 0. The fourth-order valence-corrected chi connectivity index (χ4v) is 16.3. The fourth-order valence-electron chi connectivity index (χ4n) is 16.3. The molecule has 18 rings (SSSR count). The van der Waals surface area contributed by atoms with Crippen molar-refractivity contribution in [3.8, 4) is 66.8 Å². The van der Waals surface area contributed by atoms with Crippen LogP contribution in [0.15, 0.2) is 296 Å². The minimum atomic E-state index is -0.770. The van der Waals surface area contributed by atoms with Gasteiger partial charge in [-0.3, -0.25) is 0 Å². The molecule has 1 spiro atoms. The van der Waals surface area contributed by atoms with Crippen LogP contribution in [-0.4, -0.2) is 0 Å². The molecule has 14 aromatic rings. The van der Waals surface area contributed by atoms with Crippen LogP contribution in [0.3, 0.4) is 0 Å². The Morgan fingerprint density at radius 1 is 0.273 bits per heavy atom. The third-order valence-electron chi connectivity index (χ3n) is 20.3. The molecule has 0 bridgehead atoms. The second-order valence-electron chi connectivity index (χ2n) is 25.4. The van der Waals surface area contributed by atoms with Gasteiger partial charge in [-0.25, -0.2) is 0 Å². The van der Waals surface area contributed by atoms with E-state index in [0.29, 0.717) is 0 Å². The van der Waals surface area contributed by atoms with Gasteiger partial charge in [-0.15, -0.1) is 0 Å². The summed E-state index contributed by atoms with van der Waals surface area (Å²) in [6, 6.07) is 109. The minimum absolute atomic E-state index is 0.208. The van der Waals surface area contributed by atoms with E-state index < -0.39 is 5.41 Å². The van der Waals surface area contributed by atoms with Crippen LogP contribution in [-0.2, 0) is 16.2 Å². The number of hydrogen-bond acceptors (Lipinski definition) is 3. The van der Waals surface area contributed by atoms with Crippen molar-refractivity contribution >= 4 is 56.1 Å². The molecule has 3 heteroatoms. The van der Waals surface area contributed by atoms with Crippen molar-refractivity contribution < 1.29 is 4.42 Å². The van der Waals surface area contributed by atoms with Crippen LogP contribution in [0.5, 0.6) is 0 Å². The topological polar surface area (TPSA) is 19.6 Å². The summed E-state index contributed by atoms with van der Waals surface area (Å²) in [5, 5.41) is 2.20. The lowest BCUT2D eigenvalue weighted by molar-refractivity contribution is 0.660. The highest BCUT2D eigenvalue weighted by molar-refractivity contribution is 6.21. The Morgan fingerprint density at radius 2 is 0.659 bits per heavy atom. The van der Waals surface area contributed by atoms with Gasteiger partial charge < -0.3 is 14.2 Å². The second kappa shape index (κ2) is 18.6. The lowest BCUT2D eigenvalue weighted by atomic mass is 9.70. The number of fused-ring (bicyclic) bond motifs is 20. The zero-order valence-corrected chi connectivity index (χ0v) is 49.5. The van der Waals surface area contributed by atoms with Gasteiger partial charge in [-0.1, -0.05) is 258 Å². The number of rotatable bonds is 8. The Hall–Kier alpha value is -10.7. The van der Waals surface area contributed by atoms with Crippen LogP contribution in [0.4, 0.5) is 34.1 Å². The summed E-state index contributed by atoms with van der Waals surface area (Å²) in [5.74, 6) is 0. The van der Waals surface area contributed by atoms with Gasteiger partial charge in [-0.2, -0.15) is 0 Å². The molecule has 4 aliphatic carbocycles. The van der Waals surface area contributed by atoms with Gasteiger partial charge in [0, 0.05) is 49.8 Å². The number of hydrogen-bond donors (Lipinski definition) is 0. The normalized spacial score (nSPS) is 14.4. The average Bonchev–Trinajstić information content (AvgIpc) is 1.50. The molecular weight excluding hydrogens is 1060 g/mol. The van der Waals surface area contributed by atoms with Crippen molar-refractivity contribution in [1.29, 1.82) is 0 Å². The number of nitrogens with zero attached hydrogens (tertiary/aromatic N) is 2. The Kier molecular flexibility index (Phi) is 10.7. The predicted molar refractivity (Wildman–Crippen MR) is 365 cm³/mol. The highest BCUT2D eigenvalue weighted by Gasteiger charge is 2.53. The molecule has 0 radical (unpaired) electrons. The van der Waals surface area contributed by atoms with E-state index in [4.69, 9.17) is 4.42 Å². The second-order valence-corrected chi connectivity index (χ2v) is 25.4. The van der Waals surface area contributed by atoms with Crippen LogP contribution in [0.1, 0.15) is 72.2 Å². The van der Waals surface area contributed by atoms with Crippen LogP contribution in [0.2, 0.25) is 0 Å². The van der Waals surface area contributed by atoms with Crippen molar-refractivity contribution in [3.63, 3.8) is 0 Å². The average molecular weight is 1130 g/mol. The Morgan fingerprint density at radius 3 is 1.19 bits per heavy atom. The highest BCUT2D eigenvalue weighted by atomic mass is 16.3. The van der Waals surface area contributed by atoms with Crippen molar-refractivity contribution in [2.24, 2.45) is 0 Å². The molecule has 3 nitrogen and oxygen atoms in total. The first-order chi connectivity index (χ1) is 43.2. The molecule has 0 amide bonds. The maximum atomic E-state index is 7.53. The van der Waals surface area contributed by atoms with Gasteiger partial charge >= 0.3 is 0 Å². The van der Waals surface area contributed by atoms with Crippen LogP contribution < -0.4 is 9.80 Å². The van der Waals surface area contributed by atoms with Crippen LogP contribution in [0, 0.1) is 0 Å². The SMILES string of the molecule is CC1(C)c2ccccc2-c2ccc(N(c3ccc4c(c3)C3(c5ccccc5-c5ccccc53)c3cc(N(c5ccc6c(c5)C(C)(C)c5ccccc5-6)c5ccccc5-c5ccccc5)c5oc6ccccc6c5c3-4)c3ccccc3-c3ccccc3)cc21. The number of benzene rings is 13. The fraction of sp³-hybridized carbons (Fsp3) is 0.0824. The third-order valence-corrected chi connectivity index (χ3v) is 20.3. The highest BCUT2D eigenvalue weighted by Crippen LogP contribution is 2.67. The van der Waals surface area contributed by atoms with Crippen molar-refractivity contribution in [2.45, 2.75) is 43.9 Å². The van der Waals surface area contributed by atoms with E-state index in [-0.39, 0.29) is 10.8 Å². The summed E-state index contributed by atoms with van der Waals surface area (Å²) in [7, 11) is 0. The lowest BCUT2D eigenvalue weighted by Gasteiger charge is -2.34. The van der Waals surface area contributed by atoms with E-state index in [2.05, 4.69) is 329 Å². The molecule has 416 valence electrons. The predicted octanol–water partition coefficient (Wildman–Crippen LogP) is 22.8. The molecule has 1 heterocycles. The van der Waals surface area contributed by atoms with Gasteiger partial charge in [0.25, 0.3) is 0 Å². The van der Waals surface area contributed by atoms with Gasteiger partial charge in [0.15, 0.2) is 5.58 Å². The van der Waals surface area contributed by atoms with Crippen molar-refractivity contribution in [3.05, 3.63) is 336 Å². The zero-order valence-electron chi connectivity index (χ0n) is 49.5. The molecule has 0 N–H and O–H groups in total. The Labute approximate surface area is 513 Å². The van der Waals surface area contributed by atoms with E-state index in [1.165, 1.54) is 89.0 Å². The quantitative estimate of drug-likeness (QED) is 0.151. The number of anilines is 6. The van der Waals surface area contributed by atoms with E-state index in [1.54, 1.807) is 0 Å². The van der Waals surface area contributed by atoms with Gasteiger partial charge in [0.1, 0.15) is 5.58 Å². The standard InChI is InChI=1S/C85H60N2O/c1-83(2)68-36-18-11-31-60(68)64-46-43-55(49-72(64)83)86(76-40-22-15-29-58(76)53-25-7-5-8-26-53)56-45-48-66-74(51-56)85(70-38-20-13-33-62(70)63-34-14-21-39-71(63)85)75-52-78(82-81(80(66)75)67-35-17-24-42-79(67)88-82)87(77-41-23-16-30-59(77)54-27-9-6-10-28-54)57-44-47-65-61-32-12-19-37-69(61)84(3,4)73(65)50-57/h5-52H,1-4H3. The molecule has 13 aromatic carbocycles. The number of para-hydroxylation sites is 3. The summed E-state index contributed by atoms with van der Waals surface area (Å²) >= 11 is 0. The first-order valence-corrected chi connectivity index (χ1v) is 30.9. The van der Waals surface area contributed by atoms with E-state index in [0.717, 1.165) is 78.3 Å². The smallest absolute Gasteiger partial charge is 0.160 e. The molecule has 88 heavy (non-hydrogen) atoms. The number of furan rings is 1. The molecule has 0 unspecified atom stereocenters. The van der Waals surface area contributed by atoms with Gasteiger partial charge in [0.05, 0.1) is 22.5 Å². The van der Waals surface area contributed by atoms with Gasteiger partial charge in [-0.05, 0) is 161 Å². The Bertz CT molecular complexity index is 5190. The lowest BCUT2D eigenvalue weighted by Crippen LogP contribution is -2.26. The maximum Gasteiger partial charge on any atom is 0.160 e. The molecule has 1 aromatic heterocycles. The maximum absolute atomic E-state index is 7.53. The third kappa shape index (κ3) is 6.90. The summed E-state index contributed by atoms with van der Waals surface area (Å²) in [5.41, 5.74) is 31.9.